The van der Waals surface area contributed by atoms with Gasteiger partial charge in [0.05, 0.1) is 18.8 Å². The van der Waals surface area contributed by atoms with Crippen LogP contribution in [-0.2, 0) is 4.74 Å². The van der Waals surface area contributed by atoms with E-state index in [-0.39, 0.29) is 12.1 Å². The first kappa shape index (κ1) is 15.3. The lowest BCUT2D eigenvalue weighted by Gasteiger charge is -2.28. The Balaban J connectivity index is 2.13. The number of hydrogen-bond acceptors (Lipinski definition) is 3. The Bertz CT molecular complexity index is 386. The van der Waals surface area contributed by atoms with E-state index in [1.165, 1.54) is 18.4 Å². The molecule has 1 aromatic rings. The van der Waals surface area contributed by atoms with Gasteiger partial charge in [0, 0.05) is 6.61 Å². The van der Waals surface area contributed by atoms with Gasteiger partial charge in [-0.25, -0.2) is 0 Å². The van der Waals surface area contributed by atoms with Gasteiger partial charge in [0.1, 0.15) is 5.75 Å². The second-order valence-electron chi connectivity index (χ2n) is 5.29. The quantitative estimate of drug-likeness (QED) is 0.749. The van der Waals surface area contributed by atoms with Crippen LogP contribution in [0.3, 0.4) is 0 Å². The first-order chi connectivity index (χ1) is 9.80. The van der Waals surface area contributed by atoms with Crippen LogP contribution in [0.25, 0.3) is 0 Å². The SMILES string of the molecule is CCNC(c1ccc(OCC)cc1)C(OCC)C1CC1. The summed E-state index contributed by atoms with van der Waals surface area (Å²) < 4.78 is 11.5. The molecule has 2 atom stereocenters. The zero-order valence-electron chi connectivity index (χ0n) is 12.9. The van der Waals surface area contributed by atoms with Crippen LogP contribution in [0, 0.1) is 5.92 Å². The molecule has 0 bridgehead atoms. The van der Waals surface area contributed by atoms with Gasteiger partial charge in [-0.05, 0) is 56.8 Å². The van der Waals surface area contributed by atoms with Crippen molar-refractivity contribution in [3.05, 3.63) is 29.8 Å². The molecule has 0 amide bonds. The van der Waals surface area contributed by atoms with Crippen molar-refractivity contribution >= 4 is 0 Å². The lowest BCUT2D eigenvalue weighted by Crippen LogP contribution is -2.35. The molecule has 2 rings (SSSR count). The fraction of sp³-hybridized carbons (Fsp3) is 0.647. The Hall–Kier alpha value is -1.06. The second-order valence-corrected chi connectivity index (χ2v) is 5.29. The maximum absolute atomic E-state index is 6.02. The topological polar surface area (TPSA) is 30.5 Å². The van der Waals surface area contributed by atoms with Crippen molar-refractivity contribution in [2.75, 3.05) is 19.8 Å². The molecule has 0 radical (unpaired) electrons. The molecule has 3 nitrogen and oxygen atoms in total. The maximum Gasteiger partial charge on any atom is 0.119 e. The van der Waals surface area contributed by atoms with Crippen molar-refractivity contribution in [3.63, 3.8) is 0 Å². The Kier molecular flexibility index (Phi) is 5.86. The van der Waals surface area contributed by atoms with E-state index in [9.17, 15) is 0 Å². The summed E-state index contributed by atoms with van der Waals surface area (Å²) in [5, 5.41) is 3.59. The van der Waals surface area contributed by atoms with Crippen molar-refractivity contribution in [2.24, 2.45) is 5.92 Å². The van der Waals surface area contributed by atoms with Crippen molar-refractivity contribution in [1.82, 2.24) is 5.32 Å². The molecular formula is C17H27NO2. The zero-order chi connectivity index (χ0) is 14.4. The van der Waals surface area contributed by atoms with Crippen LogP contribution in [0.4, 0.5) is 0 Å². The molecular weight excluding hydrogens is 250 g/mol. The van der Waals surface area contributed by atoms with E-state index >= 15 is 0 Å². The molecule has 0 aromatic heterocycles. The van der Waals surface area contributed by atoms with Crippen molar-refractivity contribution in [1.29, 1.82) is 0 Å². The second kappa shape index (κ2) is 7.65. The molecule has 1 aliphatic rings. The molecule has 0 spiro atoms. The van der Waals surface area contributed by atoms with Crippen LogP contribution in [0.5, 0.6) is 5.75 Å². The van der Waals surface area contributed by atoms with E-state index in [1.54, 1.807) is 0 Å². The van der Waals surface area contributed by atoms with Crippen molar-refractivity contribution < 1.29 is 9.47 Å². The third-order valence-corrected chi connectivity index (χ3v) is 3.75. The van der Waals surface area contributed by atoms with Crippen molar-refractivity contribution in [2.45, 2.75) is 45.8 Å². The molecule has 2 unspecified atom stereocenters. The van der Waals surface area contributed by atoms with Gasteiger partial charge in [-0.3, -0.25) is 0 Å². The highest BCUT2D eigenvalue weighted by atomic mass is 16.5. The number of rotatable bonds is 9. The third kappa shape index (κ3) is 3.97. The Labute approximate surface area is 122 Å². The highest BCUT2D eigenvalue weighted by Crippen LogP contribution is 2.40. The summed E-state index contributed by atoms with van der Waals surface area (Å²) in [7, 11) is 0. The van der Waals surface area contributed by atoms with Gasteiger partial charge in [0.15, 0.2) is 0 Å². The summed E-state index contributed by atoms with van der Waals surface area (Å²) in [6.45, 7) is 8.68. The molecule has 3 heteroatoms. The van der Waals surface area contributed by atoms with Gasteiger partial charge in [-0.2, -0.15) is 0 Å². The lowest BCUT2D eigenvalue weighted by molar-refractivity contribution is 0.0189. The first-order valence-electron chi connectivity index (χ1n) is 7.87. The molecule has 1 fully saturated rings. The van der Waals surface area contributed by atoms with Gasteiger partial charge < -0.3 is 14.8 Å². The Morgan fingerprint density at radius 1 is 1.10 bits per heavy atom. The summed E-state index contributed by atoms with van der Waals surface area (Å²) in [6, 6.07) is 8.71. The monoisotopic (exact) mass is 277 g/mol. The van der Waals surface area contributed by atoms with Gasteiger partial charge >= 0.3 is 0 Å². The van der Waals surface area contributed by atoms with E-state index in [4.69, 9.17) is 9.47 Å². The van der Waals surface area contributed by atoms with Crippen LogP contribution in [-0.4, -0.2) is 25.9 Å². The highest BCUT2D eigenvalue weighted by Gasteiger charge is 2.37. The summed E-state index contributed by atoms with van der Waals surface area (Å²) in [5.41, 5.74) is 1.29. The lowest BCUT2D eigenvalue weighted by atomic mass is 9.97. The average molecular weight is 277 g/mol. The summed E-state index contributed by atoms with van der Waals surface area (Å²) in [6.07, 6.45) is 2.88. The fourth-order valence-electron chi connectivity index (χ4n) is 2.70. The van der Waals surface area contributed by atoms with E-state index in [1.807, 2.05) is 6.92 Å². The minimum absolute atomic E-state index is 0.281. The number of nitrogens with one attached hydrogen (secondary N) is 1. The normalized spacial score (nSPS) is 17.8. The van der Waals surface area contributed by atoms with E-state index in [0.29, 0.717) is 12.5 Å². The maximum atomic E-state index is 6.02. The summed E-state index contributed by atoms with van der Waals surface area (Å²) in [5.74, 6) is 1.65. The number of hydrogen-bond donors (Lipinski definition) is 1. The molecule has 20 heavy (non-hydrogen) atoms. The molecule has 0 heterocycles. The standard InChI is InChI=1S/C17H27NO2/c1-4-18-16(17(20-6-3)14-7-8-14)13-9-11-15(12-10-13)19-5-2/h9-12,14,16-18H,4-8H2,1-3H3. The third-order valence-electron chi connectivity index (χ3n) is 3.75. The highest BCUT2D eigenvalue weighted by molar-refractivity contribution is 5.30. The Morgan fingerprint density at radius 2 is 1.80 bits per heavy atom. The molecule has 112 valence electrons. The van der Waals surface area contributed by atoms with Gasteiger partial charge in [-0.1, -0.05) is 19.1 Å². The largest absolute Gasteiger partial charge is 0.494 e. The number of benzene rings is 1. The number of ether oxygens (including phenoxy) is 2. The molecule has 0 saturated heterocycles. The summed E-state index contributed by atoms with van der Waals surface area (Å²) >= 11 is 0. The predicted molar refractivity (Wildman–Crippen MR) is 82.2 cm³/mol. The van der Waals surface area contributed by atoms with Gasteiger partial charge in [-0.15, -0.1) is 0 Å². The van der Waals surface area contributed by atoms with E-state index in [2.05, 4.69) is 43.4 Å². The van der Waals surface area contributed by atoms with Crippen LogP contribution in [0.1, 0.15) is 45.2 Å². The predicted octanol–water partition coefficient (Wildman–Crippen LogP) is 3.55. The minimum Gasteiger partial charge on any atom is -0.494 e. The molecule has 1 saturated carbocycles. The summed E-state index contributed by atoms with van der Waals surface area (Å²) in [4.78, 5) is 0. The zero-order valence-corrected chi connectivity index (χ0v) is 12.9. The smallest absolute Gasteiger partial charge is 0.119 e. The van der Waals surface area contributed by atoms with Crippen LogP contribution in [0.15, 0.2) is 24.3 Å². The van der Waals surface area contributed by atoms with Crippen LogP contribution in [0.2, 0.25) is 0 Å². The van der Waals surface area contributed by atoms with E-state index in [0.717, 1.165) is 18.9 Å². The van der Waals surface area contributed by atoms with Crippen LogP contribution < -0.4 is 10.1 Å². The fourth-order valence-corrected chi connectivity index (χ4v) is 2.70. The molecule has 0 aliphatic heterocycles. The molecule has 1 aromatic carbocycles. The number of likely N-dealkylation sites (N-methyl/N-ethyl adjacent to an activating group) is 1. The van der Waals surface area contributed by atoms with E-state index < -0.39 is 0 Å². The Morgan fingerprint density at radius 3 is 2.30 bits per heavy atom. The minimum atomic E-state index is 0.281. The first-order valence-corrected chi connectivity index (χ1v) is 7.87. The molecule has 1 aliphatic carbocycles. The van der Waals surface area contributed by atoms with Gasteiger partial charge in [0.2, 0.25) is 0 Å². The molecule has 1 N–H and O–H groups in total. The van der Waals surface area contributed by atoms with Crippen molar-refractivity contribution in [3.8, 4) is 5.75 Å². The van der Waals surface area contributed by atoms with Crippen LogP contribution >= 0.6 is 0 Å². The average Bonchev–Trinajstić information content (AvgIpc) is 3.29. The van der Waals surface area contributed by atoms with Gasteiger partial charge in [0.25, 0.3) is 0 Å².